The van der Waals surface area contributed by atoms with Crippen molar-refractivity contribution in [3.63, 3.8) is 0 Å². The molecule has 0 aliphatic carbocycles. The Morgan fingerprint density at radius 1 is 1.10 bits per heavy atom. The maximum atomic E-state index is 11.1. The van der Waals surface area contributed by atoms with E-state index in [9.17, 15) is 8.42 Å². The molecule has 0 aliphatic heterocycles. The Hall–Kier alpha value is -1.92. The molecule has 20 heavy (non-hydrogen) atoms. The van der Waals surface area contributed by atoms with Crippen molar-refractivity contribution in [3.05, 3.63) is 48.2 Å². The number of rotatable bonds is 5. The van der Waals surface area contributed by atoms with Crippen LogP contribution >= 0.6 is 0 Å². The van der Waals surface area contributed by atoms with Gasteiger partial charge in [-0.15, -0.1) is 0 Å². The van der Waals surface area contributed by atoms with E-state index in [4.69, 9.17) is 5.73 Å². The average Bonchev–Trinajstić information content (AvgIpc) is 2.39. The van der Waals surface area contributed by atoms with Gasteiger partial charge in [-0.2, -0.15) is 0 Å². The molecule has 6 heteroatoms. The standard InChI is InChI=1S/C14H17N3O2S/c1-20(18,19)17-14-7-6-13(10-16-14)12-4-2-11(3-5-12)8-9-15/h2-7,10H,8-9,15H2,1H3,(H,16,17). The molecule has 2 aromatic rings. The summed E-state index contributed by atoms with van der Waals surface area (Å²) in [5.41, 5.74) is 8.67. The van der Waals surface area contributed by atoms with Gasteiger partial charge in [-0.05, 0) is 36.2 Å². The van der Waals surface area contributed by atoms with Crippen LogP contribution in [0.15, 0.2) is 42.6 Å². The maximum absolute atomic E-state index is 11.1. The van der Waals surface area contributed by atoms with E-state index >= 15 is 0 Å². The number of nitrogens with zero attached hydrogens (tertiary/aromatic N) is 1. The van der Waals surface area contributed by atoms with Crippen molar-refractivity contribution in [3.8, 4) is 11.1 Å². The van der Waals surface area contributed by atoms with Crippen LogP contribution in [0.1, 0.15) is 5.56 Å². The molecule has 0 amide bonds. The highest BCUT2D eigenvalue weighted by Crippen LogP contribution is 2.20. The Labute approximate surface area is 118 Å². The summed E-state index contributed by atoms with van der Waals surface area (Å²) < 4.78 is 24.5. The molecule has 0 spiro atoms. The molecule has 0 unspecified atom stereocenters. The third kappa shape index (κ3) is 4.04. The summed E-state index contributed by atoms with van der Waals surface area (Å²) in [4.78, 5) is 4.09. The van der Waals surface area contributed by atoms with Crippen molar-refractivity contribution in [2.75, 3.05) is 17.5 Å². The number of anilines is 1. The fraction of sp³-hybridized carbons (Fsp3) is 0.214. The summed E-state index contributed by atoms with van der Waals surface area (Å²) in [7, 11) is -3.29. The van der Waals surface area contributed by atoms with Crippen LogP contribution in [0.4, 0.5) is 5.82 Å². The van der Waals surface area contributed by atoms with Crippen LogP contribution in [-0.2, 0) is 16.4 Å². The number of pyridine rings is 1. The fourth-order valence-electron chi connectivity index (χ4n) is 1.85. The molecule has 0 aliphatic rings. The molecular weight excluding hydrogens is 274 g/mol. The summed E-state index contributed by atoms with van der Waals surface area (Å²) in [6.07, 6.45) is 3.60. The third-order valence-corrected chi connectivity index (χ3v) is 3.35. The Balaban J connectivity index is 2.17. The van der Waals surface area contributed by atoms with Crippen LogP contribution in [-0.4, -0.2) is 26.2 Å². The minimum atomic E-state index is -3.29. The Bertz CT molecular complexity index is 665. The van der Waals surface area contributed by atoms with Crippen LogP contribution in [0.2, 0.25) is 0 Å². The van der Waals surface area contributed by atoms with Gasteiger partial charge in [0.15, 0.2) is 0 Å². The number of hydrogen-bond acceptors (Lipinski definition) is 4. The minimum Gasteiger partial charge on any atom is -0.330 e. The van der Waals surface area contributed by atoms with Gasteiger partial charge in [-0.1, -0.05) is 24.3 Å². The molecule has 0 saturated heterocycles. The van der Waals surface area contributed by atoms with Crippen molar-refractivity contribution in [1.29, 1.82) is 0 Å². The number of nitrogens with one attached hydrogen (secondary N) is 1. The molecule has 0 bridgehead atoms. The van der Waals surface area contributed by atoms with Crippen LogP contribution < -0.4 is 10.5 Å². The third-order valence-electron chi connectivity index (χ3n) is 2.77. The van der Waals surface area contributed by atoms with Crippen LogP contribution in [0.5, 0.6) is 0 Å². The van der Waals surface area contributed by atoms with Gasteiger partial charge in [0, 0.05) is 11.8 Å². The SMILES string of the molecule is CS(=O)(=O)Nc1ccc(-c2ccc(CCN)cc2)cn1. The summed E-state index contributed by atoms with van der Waals surface area (Å²) in [6.45, 7) is 0.632. The van der Waals surface area contributed by atoms with Gasteiger partial charge in [0.2, 0.25) is 10.0 Å². The molecule has 1 aromatic heterocycles. The van der Waals surface area contributed by atoms with E-state index < -0.39 is 10.0 Å². The van der Waals surface area contributed by atoms with E-state index in [1.807, 2.05) is 30.3 Å². The van der Waals surface area contributed by atoms with E-state index in [2.05, 4.69) is 9.71 Å². The summed E-state index contributed by atoms with van der Waals surface area (Å²) in [5.74, 6) is 0.316. The number of aromatic nitrogens is 1. The van der Waals surface area contributed by atoms with E-state index in [0.29, 0.717) is 12.4 Å². The Kier molecular flexibility index (Phi) is 4.36. The second-order valence-corrected chi connectivity index (χ2v) is 6.29. The van der Waals surface area contributed by atoms with E-state index in [0.717, 1.165) is 23.8 Å². The summed E-state index contributed by atoms with van der Waals surface area (Å²) in [5, 5.41) is 0. The molecule has 2 rings (SSSR count). The van der Waals surface area contributed by atoms with Gasteiger partial charge < -0.3 is 5.73 Å². The number of sulfonamides is 1. The number of nitrogens with two attached hydrogens (primary N) is 1. The smallest absolute Gasteiger partial charge is 0.230 e. The quantitative estimate of drug-likeness (QED) is 0.876. The zero-order valence-electron chi connectivity index (χ0n) is 11.2. The van der Waals surface area contributed by atoms with Gasteiger partial charge >= 0.3 is 0 Å². The van der Waals surface area contributed by atoms with Gasteiger partial charge in [-0.25, -0.2) is 13.4 Å². The second-order valence-electron chi connectivity index (χ2n) is 4.54. The van der Waals surface area contributed by atoms with E-state index in [1.165, 1.54) is 5.56 Å². The van der Waals surface area contributed by atoms with Crippen molar-refractivity contribution >= 4 is 15.8 Å². The van der Waals surface area contributed by atoms with Crippen LogP contribution in [0, 0.1) is 0 Å². The lowest BCUT2D eigenvalue weighted by atomic mass is 10.0. The molecule has 0 saturated carbocycles. The first-order valence-corrected chi connectivity index (χ1v) is 8.10. The minimum absolute atomic E-state index is 0.316. The van der Waals surface area contributed by atoms with Crippen molar-refractivity contribution in [2.45, 2.75) is 6.42 Å². The monoisotopic (exact) mass is 291 g/mol. The first kappa shape index (κ1) is 14.5. The lowest BCUT2D eigenvalue weighted by molar-refractivity contribution is 0.606. The zero-order chi connectivity index (χ0) is 14.6. The van der Waals surface area contributed by atoms with E-state index in [1.54, 1.807) is 12.3 Å². The highest BCUT2D eigenvalue weighted by molar-refractivity contribution is 7.92. The molecule has 1 aromatic carbocycles. The van der Waals surface area contributed by atoms with Gasteiger partial charge in [0.05, 0.1) is 6.26 Å². The molecule has 0 radical (unpaired) electrons. The first-order chi connectivity index (χ1) is 9.48. The molecule has 106 valence electrons. The van der Waals surface area contributed by atoms with Crippen LogP contribution in [0.3, 0.4) is 0 Å². The molecule has 0 atom stereocenters. The lowest BCUT2D eigenvalue weighted by Gasteiger charge is -2.06. The van der Waals surface area contributed by atoms with E-state index in [-0.39, 0.29) is 0 Å². The fourth-order valence-corrected chi connectivity index (χ4v) is 2.35. The predicted molar refractivity (Wildman–Crippen MR) is 80.9 cm³/mol. The highest BCUT2D eigenvalue weighted by Gasteiger charge is 2.04. The second kappa shape index (κ2) is 6.02. The molecule has 0 fully saturated rings. The van der Waals surface area contributed by atoms with Crippen LogP contribution in [0.25, 0.3) is 11.1 Å². The molecule has 1 heterocycles. The maximum Gasteiger partial charge on any atom is 0.230 e. The Morgan fingerprint density at radius 3 is 2.25 bits per heavy atom. The largest absolute Gasteiger partial charge is 0.330 e. The highest BCUT2D eigenvalue weighted by atomic mass is 32.2. The van der Waals surface area contributed by atoms with Gasteiger partial charge in [0.1, 0.15) is 5.82 Å². The first-order valence-electron chi connectivity index (χ1n) is 6.21. The normalized spacial score (nSPS) is 11.3. The van der Waals surface area contributed by atoms with Crippen molar-refractivity contribution in [1.82, 2.24) is 4.98 Å². The molecule has 3 N–H and O–H groups in total. The lowest BCUT2D eigenvalue weighted by Crippen LogP contribution is -2.10. The molecule has 5 nitrogen and oxygen atoms in total. The van der Waals surface area contributed by atoms with Gasteiger partial charge in [-0.3, -0.25) is 4.72 Å². The van der Waals surface area contributed by atoms with Crippen molar-refractivity contribution < 1.29 is 8.42 Å². The summed E-state index contributed by atoms with van der Waals surface area (Å²) >= 11 is 0. The topological polar surface area (TPSA) is 85.1 Å². The number of hydrogen-bond donors (Lipinski definition) is 2. The average molecular weight is 291 g/mol. The Morgan fingerprint density at radius 2 is 1.75 bits per heavy atom. The molecular formula is C14H17N3O2S. The zero-order valence-corrected chi connectivity index (χ0v) is 12.0. The summed E-state index contributed by atoms with van der Waals surface area (Å²) in [6, 6.07) is 11.6. The van der Waals surface area contributed by atoms with Crippen molar-refractivity contribution in [2.24, 2.45) is 5.73 Å². The van der Waals surface area contributed by atoms with Gasteiger partial charge in [0.25, 0.3) is 0 Å². The predicted octanol–water partition coefficient (Wildman–Crippen LogP) is 1.62. The number of benzene rings is 1.